The summed E-state index contributed by atoms with van der Waals surface area (Å²) in [6.07, 6.45) is 12.9. The van der Waals surface area contributed by atoms with E-state index in [1.165, 1.54) is 22.3 Å². The van der Waals surface area contributed by atoms with Crippen molar-refractivity contribution in [3.05, 3.63) is 65.1 Å². The first-order chi connectivity index (χ1) is 9.45. The van der Waals surface area contributed by atoms with Gasteiger partial charge in [0.1, 0.15) is 0 Å². The molecular weight excluding hydrogens is 240 g/mol. The zero-order valence-corrected chi connectivity index (χ0v) is 13.2. The van der Waals surface area contributed by atoms with Crippen LogP contribution >= 0.6 is 0 Å². The average Bonchev–Trinajstić information content (AvgIpc) is 2.69. The maximum absolute atomic E-state index is 3.85. The first kappa shape index (κ1) is 13.7. The predicted molar refractivity (Wildman–Crippen MR) is 85.7 cm³/mol. The molecule has 20 heavy (non-hydrogen) atoms. The van der Waals surface area contributed by atoms with E-state index in [1.807, 2.05) is 0 Å². The maximum Gasteiger partial charge on any atom is -0.000590 e. The van der Waals surface area contributed by atoms with Gasteiger partial charge >= 0.3 is 0 Å². The molecule has 4 atom stereocenters. The second-order valence-corrected chi connectivity index (χ2v) is 6.74. The van der Waals surface area contributed by atoms with E-state index in [4.69, 9.17) is 0 Å². The highest BCUT2D eigenvalue weighted by Crippen LogP contribution is 2.57. The molecule has 0 amide bonds. The summed E-state index contributed by atoms with van der Waals surface area (Å²) in [5, 5.41) is 0. The van der Waals surface area contributed by atoms with Crippen LogP contribution < -0.4 is 0 Å². The molecule has 1 aromatic carbocycles. The van der Waals surface area contributed by atoms with Crippen LogP contribution in [-0.2, 0) is 0 Å². The van der Waals surface area contributed by atoms with Crippen molar-refractivity contribution in [1.29, 1.82) is 0 Å². The number of benzene rings is 1. The monoisotopic (exact) mass is 264 g/mol. The first-order valence-corrected chi connectivity index (χ1v) is 7.64. The summed E-state index contributed by atoms with van der Waals surface area (Å²) in [5.74, 6) is 1.49. The van der Waals surface area contributed by atoms with Gasteiger partial charge in [-0.1, -0.05) is 50.3 Å². The van der Waals surface area contributed by atoms with Crippen LogP contribution in [0.15, 0.2) is 36.4 Å². The second kappa shape index (κ2) is 4.62. The van der Waals surface area contributed by atoms with Gasteiger partial charge in [0.05, 0.1) is 0 Å². The van der Waals surface area contributed by atoms with Crippen molar-refractivity contribution in [3.63, 3.8) is 0 Å². The van der Waals surface area contributed by atoms with Crippen LogP contribution in [0, 0.1) is 44.4 Å². The molecule has 0 saturated heterocycles. The normalized spacial score (nSPS) is 35.4. The van der Waals surface area contributed by atoms with E-state index in [0.717, 1.165) is 0 Å². The van der Waals surface area contributed by atoms with Gasteiger partial charge in [0.2, 0.25) is 0 Å². The van der Waals surface area contributed by atoms with E-state index in [0.29, 0.717) is 17.8 Å². The molecule has 0 heteroatoms. The van der Waals surface area contributed by atoms with Crippen LogP contribution in [0.2, 0.25) is 0 Å². The molecule has 1 fully saturated rings. The van der Waals surface area contributed by atoms with Gasteiger partial charge in [-0.15, -0.1) is 0 Å². The maximum atomic E-state index is 3.85. The first-order valence-electron chi connectivity index (χ1n) is 7.64. The number of rotatable bonds is 1. The van der Waals surface area contributed by atoms with E-state index < -0.39 is 0 Å². The molecule has 0 aliphatic heterocycles. The summed E-state index contributed by atoms with van der Waals surface area (Å²) < 4.78 is 0. The highest BCUT2D eigenvalue weighted by molar-refractivity contribution is 5.44. The molecule has 1 saturated carbocycles. The summed E-state index contributed by atoms with van der Waals surface area (Å²) in [6.45, 7) is 11.5. The number of fused-ring (bicyclic) bond motifs is 1. The molecule has 0 nitrogen and oxygen atoms in total. The molecule has 0 spiro atoms. The van der Waals surface area contributed by atoms with Gasteiger partial charge in [-0.2, -0.15) is 0 Å². The number of aryl methyl sites for hydroxylation is 1. The lowest BCUT2D eigenvalue weighted by molar-refractivity contribution is 0.271. The SMILES string of the molecule is Cc1ccc(C2[C]C3C=CC=CC3(C)C2C)c(C)c1C. The van der Waals surface area contributed by atoms with Crippen molar-refractivity contribution < 1.29 is 0 Å². The Morgan fingerprint density at radius 2 is 1.80 bits per heavy atom. The van der Waals surface area contributed by atoms with Gasteiger partial charge in [0.15, 0.2) is 0 Å². The number of hydrogen-bond acceptors (Lipinski definition) is 0. The fourth-order valence-corrected chi connectivity index (χ4v) is 3.79. The lowest BCUT2D eigenvalue weighted by Gasteiger charge is -2.33. The van der Waals surface area contributed by atoms with Gasteiger partial charge in [0.25, 0.3) is 0 Å². The van der Waals surface area contributed by atoms with Crippen LogP contribution in [0.3, 0.4) is 0 Å². The zero-order chi connectivity index (χ0) is 14.5. The molecule has 104 valence electrons. The van der Waals surface area contributed by atoms with Gasteiger partial charge in [-0.3, -0.25) is 0 Å². The Labute approximate surface area is 123 Å². The fourth-order valence-electron chi connectivity index (χ4n) is 3.79. The molecule has 4 unspecified atom stereocenters. The third-order valence-electron chi connectivity index (χ3n) is 5.82. The Morgan fingerprint density at radius 3 is 2.50 bits per heavy atom. The quantitative estimate of drug-likeness (QED) is 0.656. The Hall–Kier alpha value is -1.30. The highest BCUT2D eigenvalue weighted by atomic mass is 14.5. The highest BCUT2D eigenvalue weighted by Gasteiger charge is 2.48. The van der Waals surface area contributed by atoms with Crippen molar-refractivity contribution in [2.24, 2.45) is 17.3 Å². The van der Waals surface area contributed by atoms with Gasteiger partial charge < -0.3 is 0 Å². The van der Waals surface area contributed by atoms with Crippen molar-refractivity contribution in [1.82, 2.24) is 0 Å². The van der Waals surface area contributed by atoms with E-state index in [2.05, 4.69) is 77.5 Å². The van der Waals surface area contributed by atoms with Gasteiger partial charge in [-0.05, 0) is 72.6 Å². The summed E-state index contributed by atoms with van der Waals surface area (Å²) in [6, 6.07) is 4.59. The average molecular weight is 264 g/mol. The molecule has 0 aromatic heterocycles. The number of allylic oxidation sites excluding steroid dienone is 4. The van der Waals surface area contributed by atoms with E-state index >= 15 is 0 Å². The fraction of sp³-hybridized carbons (Fsp3) is 0.450. The third kappa shape index (κ3) is 1.81. The Bertz CT molecular complexity index is 590. The Balaban J connectivity index is 2.03. The van der Waals surface area contributed by atoms with E-state index in [1.54, 1.807) is 0 Å². The minimum absolute atomic E-state index is 0.227. The Kier molecular flexibility index (Phi) is 3.16. The molecule has 3 rings (SSSR count). The smallest absolute Gasteiger partial charge is 0.000590 e. The third-order valence-corrected chi connectivity index (χ3v) is 5.82. The van der Waals surface area contributed by atoms with E-state index in [9.17, 15) is 0 Å². The molecule has 1 aromatic rings. The molecule has 0 bridgehead atoms. The summed E-state index contributed by atoms with van der Waals surface area (Å²) >= 11 is 0. The second-order valence-electron chi connectivity index (χ2n) is 6.74. The molecule has 2 radical (unpaired) electrons. The van der Waals surface area contributed by atoms with Crippen molar-refractivity contribution >= 4 is 0 Å². The van der Waals surface area contributed by atoms with Gasteiger partial charge in [-0.25, -0.2) is 0 Å². The predicted octanol–water partition coefficient (Wildman–Crippen LogP) is 5.17. The number of hydrogen-bond donors (Lipinski definition) is 0. The van der Waals surface area contributed by atoms with Crippen LogP contribution in [-0.4, -0.2) is 0 Å². The Morgan fingerprint density at radius 1 is 1.05 bits per heavy atom. The summed E-state index contributed by atoms with van der Waals surface area (Å²) in [4.78, 5) is 0. The van der Waals surface area contributed by atoms with Crippen LogP contribution in [0.4, 0.5) is 0 Å². The lowest BCUT2D eigenvalue weighted by atomic mass is 9.70. The molecule has 2 aliphatic carbocycles. The lowest BCUT2D eigenvalue weighted by Crippen LogP contribution is -2.26. The standard InChI is InChI=1S/C20H24/c1-13-9-10-18(15(3)14(13)2)19-12-17-8-6-7-11-20(17,5)16(19)4/h6-11,16-17,19H,1-5H3. The zero-order valence-electron chi connectivity index (χ0n) is 13.2. The summed E-state index contributed by atoms with van der Waals surface area (Å²) in [5.41, 5.74) is 5.97. The van der Waals surface area contributed by atoms with Crippen molar-refractivity contribution in [2.45, 2.75) is 40.5 Å². The van der Waals surface area contributed by atoms with Crippen LogP contribution in [0.5, 0.6) is 0 Å². The van der Waals surface area contributed by atoms with Crippen molar-refractivity contribution in [2.75, 3.05) is 0 Å². The van der Waals surface area contributed by atoms with Crippen molar-refractivity contribution in [3.8, 4) is 0 Å². The van der Waals surface area contributed by atoms with Crippen LogP contribution in [0.25, 0.3) is 0 Å². The molecule has 0 heterocycles. The molecule has 0 N–H and O–H groups in total. The molecule has 2 aliphatic rings. The van der Waals surface area contributed by atoms with Gasteiger partial charge in [0, 0.05) is 0 Å². The largest absolute Gasteiger partial charge is 0.0799 e. The molecular formula is C20H24. The topological polar surface area (TPSA) is 0 Å². The summed E-state index contributed by atoms with van der Waals surface area (Å²) in [7, 11) is 0. The van der Waals surface area contributed by atoms with Crippen LogP contribution in [0.1, 0.15) is 42.0 Å². The minimum Gasteiger partial charge on any atom is -0.0799 e. The van der Waals surface area contributed by atoms with E-state index in [-0.39, 0.29) is 5.41 Å². The minimum atomic E-state index is 0.227.